The molecule has 6 nitrogen and oxygen atoms in total. The van der Waals surface area contributed by atoms with E-state index in [1.165, 1.54) is 12.1 Å². The molecule has 0 aliphatic heterocycles. The summed E-state index contributed by atoms with van der Waals surface area (Å²) in [6.45, 7) is 4.64. The Morgan fingerprint density at radius 2 is 1.73 bits per heavy atom. The van der Waals surface area contributed by atoms with E-state index in [9.17, 15) is 14.4 Å². The average molecular weight is 381 g/mol. The van der Waals surface area contributed by atoms with Gasteiger partial charge in [0.1, 0.15) is 0 Å². The highest BCUT2D eigenvalue weighted by atomic mass is 32.1. The topological polar surface area (TPSA) is 95.5 Å². The van der Waals surface area contributed by atoms with E-state index in [1.807, 2.05) is 13.8 Å². The molecule has 0 saturated carbocycles. The molecular weight excluding hydrogens is 352 g/mol. The first-order valence-corrected chi connectivity index (χ1v) is 9.50. The van der Waals surface area contributed by atoms with E-state index < -0.39 is 5.97 Å². The van der Waals surface area contributed by atoms with E-state index in [0.717, 1.165) is 18.4 Å². The van der Waals surface area contributed by atoms with Gasteiger partial charge in [-0.15, -0.1) is 0 Å². The summed E-state index contributed by atoms with van der Waals surface area (Å²) in [4.78, 5) is 35.0. The number of hydrogen-bond acceptors (Lipinski definition) is 4. The largest absolute Gasteiger partial charge is 0.478 e. The number of amides is 2. The first-order chi connectivity index (χ1) is 12.4. The summed E-state index contributed by atoms with van der Waals surface area (Å²) in [6, 6.07) is 6.42. The van der Waals surface area contributed by atoms with Gasteiger partial charge in [-0.05, 0) is 30.5 Å². The molecule has 1 aromatic rings. The van der Waals surface area contributed by atoms with Crippen LogP contribution < -0.4 is 10.6 Å². The number of thiol groups is 1. The normalized spacial score (nSPS) is 12.9. The lowest BCUT2D eigenvalue weighted by Gasteiger charge is -2.17. The first kappa shape index (κ1) is 22.0. The van der Waals surface area contributed by atoms with Gasteiger partial charge >= 0.3 is 5.97 Å². The lowest BCUT2D eigenvalue weighted by Crippen LogP contribution is -2.35. The molecule has 0 radical (unpaired) electrons. The molecule has 0 bridgehead atoms. The summed E-state index contributed by atoms with van der Waals surface area (Å²) >= 11 is 4.11. The number of carbonyl (C=O) groups excluding carboxylic acids is 2. The van der Waals surface area contributed by atoms with Crippen LogP contribution >= 0.6 is 12.6 Å². The van der Waals surface area contributed by atoms with E-state index >= 15 is 0 Å². The van der Waals surface area contributed by atoms with Crippen molar-refractivity contribution in [2.75, 3.05) is 12.3 Å². The lowest BCUT2D eigenvalue weighted by molar-refractivity contribution is -0.127. The Morgan fingerprint density at radius 1 is 1.08 bits per heavy atom. The number of carboxylic acids is 1. The van der Waals surface area contributed by atoms with Gasteiger partial charge in [-0.1, -0.05) is 32.4 Å². The van der Waals surface area contributed by atoms with Gasteiger partial charge in [0, 0.05) is 30.7 Å². The van der Waals surface area contributed by atoms with Crippen LogP contribution in [0.2, 0.25) is 0 Å². The Labute approximate surface area is 160 Å². The van der Waals surface area contributed by atoms with Gasteiger partial charge in [-0.25, -0.2) is 4.79 Å². The van der Waals surface area contributed by atoms with Crippen molar-refractivity contribution in [2.24, 2.45) is 11.8 Å². The van der Waals surface area contributed by atoms with E-state index in [2.05, 4.69) is 23.3 Å². The van der Waals surface area contributed by atoms with Crippen LogP contribution in [0.3, 0.4) is 0 Å². The van der Waals surface area contributed by atoms with Gasteiger partial charge in [-0.2, -0.15) is 12.6 Å². The zero-order chi connectivity index (χ0) is 19.5. The number of aromatic carboxylic acids is 1. The number of carbonyl (C=O) groups is 3. The number of benzene rings is 1. The van der Waals surface area contributed by atoms with E-state index in [1.54, 1.807) is 12.1 Å². The maximum atomic E-state index is 12.4. The second kappa shape index (κ2) is 11.6. The smallest absolute Gasteiger partial charge is 0.335 e. The Bertz CT molecular complexity index is 604. The van der Waals surface area contributed by atoms with Crippen molar-refractivity contribution in [2.45, 2.75) is 39.7 Å². The van der Waals surface area contributed by atoms with Gasteiger partial charge in [0.25, 0.3) is 0 Å². The summed E-state index contributed by atoms with van der Waals surface area (Å²) in [5, 5.41) is 14.6. The monoisotopic (exact) mass is 380 g/mol. The molecule has 7 heteroatoms. The van der Waals surface area contributed by atoms with Crippen molar-refractivity contribution in [1.82, 2.24) is 10.6 Å². The Morgan fingerprint density at radius 3 is 2.27 bits per heavy atom. The highest BCUT2D eigenvalue weighted by molar-refractivity contribution is 7.80. The minimum absolute atomic E-state index is 0.0471. The van der Waals surface area contributed by atoms with Crippen LogP contribution in [0.15, 0.2) is 24.3 Å². The lowest BCUT2D eigenvalue weighted by atomic mass is 9.98. The maximum absolute atomic E-state index is 12.4. The standard InChI is InChI=1S/C19H28N2O4S/c1-3-4-15(9-10-20-17(22)13(2)12-26)18(23)21-11-14-5-7-16(8-6-14)19(24)25/h5-8,13,15,26H,3-4,9-12H2,1-2H3,(H,20,22)(H,21,23)(H,24,25). The van der Waals surface area contributed by atoms with Crippen molar-refractivity contribution in [3.63, 3.8) is 0 Å². The van der Waals surface area contributed by atoms with Gasteiger partial charge in [-0.3, -0.25) is 9.59 Å². The third kappa shape index (κ3) is 7.47. The number of hydrogen-bond donors (Lipinski definition) is 4. The number of carboxylic acid groups (broad SMARTS) is 1. The summed E-state index contributed by atoms with van der Waals surface area (Å²) in [6.07, 6.45) is 2.22. The van der Waals surface area contributed by atoms with Crippen molar-refractivity contribution >= 4 is 30.4 Å². The molecule has 0 spiro atoms. The number of rotatable bonds is 11. The van der Waals surface area contributed by atoms with Gasteiger partial charge in [0.05, 0.1) is 5.56 Å². The fourth-order valence-electron chi connectivity index (χ4n) is 2.48. The van der Waals surface area contributed by atoms with E-state index in [4.69, 9.17) is 5.11 Å². The highest BCUT2D eigenvalue weighted by Crippen LogP contribution is 2.12. The zero-order valence-electron chi connectivity index (χ0n) is 15.3. The molecule has 0 heterocycles. The van der Waals surface area contributed by atoms with Crippen LogP contribution in [0.25, 0.3) is 0 Å². The second-order valence-corrected chi connectivity index (χ2v) is 6.73. The minimum Gasteiger partial charge on any atom is -0.478 e. The van der Waals surface area contributed by atoms with Crippen molar-refractivity contribution < 1.29 is 19.5 Å². The minimum atomic E-state index is -0.974. The fourth-order valence-corrected chi connectivity index (χ4v) is 2.65. The molecular formula is C19H28N2O4S. The predicted molar refractivity (Wildman–Crippen MR) is 104 cm³/mol. The van der Waals surface area contributed by atoms with Crippen molar-refractivity contribution in [3.05, 3.63) is 35.4 Å². The molecule has 0 aliphatic carbocycles. The van der Waals surface area contributed by atoms with Crippen LogP contribution in [0.1, 0.15) is 49.0 Å². The molecule has 2 atom stereocenters. The SMILES string of the molecule is CCCC(CCNC(=O)C(C)CS)C(=O)NCc1ccc(C(=O)O)cc1. The second-order valence-electron chi connectivity index (χ2n) is 6.37. The fraction of sp³-hybridized carbons (Fsp3) is 0.526. The van der Waals surface area contributed by atoms with E-state index in [0.29, 0.717) is 25.3 Å². The molecule has 2 amide bonds. The summed E-state index contributed by atoms with van der Waals surface area (Å²) in [7, 11) is 0. The summed E-state index contributed by atoms with van der Waals surface area (Å²) < 4.78 is 0. The molecule has 0 fully saturated rings. The van der Waals surface area contributed by atoms with Gasteiger partial charge in [0.2, 0.25) is 11.8 Å². The van der Waals surface area contributed by atoms with Crippen molar-refractivity contribution in [1.29, 1.82) is 0 Å². The average Bonchev–Trinajstić information content (AvgIpc) is 2.64. The summed E-state index contributed by atoms with van der Waals surface area (Å²) in [5.41, 5.74) is 1.06. The zero-order valence-corrected chi connectivity index (χ0v) is 16.2. The first-order valence-electron chi connectivity index (χ1n) is 8.87. The van der Waals surface area contributed by atoms with Crippen LogP contribution in [-0.4, -0.2) is 35.2 Å². The molecule has 0 aromatic heterocycles. The Hall–Kier alpha value is -2.02. The van der Waals surface area contributed by atoms with E-state index in [-0.39, 0.29) is 29.2 Å². The van der Waals surface area contributed by atoms with Gasteiger partial charge < -0.3 is 15.7 Å². The predicted octanol–water partition coefficient (Wildman–Crippen LogP) is 2.49. The molecule has 0 saturated heterocycles. The molecule has 2 unspecified atom stereocenters. The molecule has 1 rings (SSSR count). The molecule has 1 aromatic carbocycles. The van der Waals surface area contributed by atoms with Crippen LogP contribution in [0.5, 0.6) is 0 Å². The Kier molecular flexibility index (Phi) is 9.80. The summed E-state index contributed by atoms with van der Waals surface area (Å²) in [5.74, 6) is -0.890. The van der Waals surface area contributed by atoms with Crippen LogP contribution in [0, 0.1) is 11.8 Å². The molecule has 3 N–H and O–H groups in total. The quantitative estimate of drug-likeness (QED) is 0.444. The third-order valence-corrected chi connectivity index (χ3v) is 4.74. The van der Waals surface area contributed by atoms with Crippen molar-refractivity contribution in [3.8, 4) is 0 Å². The third-order valence-electron chi connectivity index (χ3n) is 4.19. The molecule has 26 heavy (non-hydrogen) atoms. The van der Waals surface area contributed by atoms with Crippen LogP contribution in [-0.2, 0) is 16.1 Å². The van der Waals surface area contributed by atoms with Crippen LogP contribution in [0.4, 0.5) is 0 Å². The highest BCUT2D eigenvalue weighted by Gasteiger charge is 2.18. The maximum Gasteiger partial charge on any atom is 0.335 e. The Balaban J connectivity index is 2.49. The number of nitrogens with one attached hydrogen (secondary N) is 2. The van der Waals surface area contributed by atoms with Gasteiger partial charge in [0.15, 0.2) is 0 Å². The molecule has 144 valence electrons. The molecule has 0 aliphatic rings.